The van der Waals surface area contributed by atoms with E-state index in [0.717, 1.165) is 25.8 Å². The summed E-state index contributed by atoms with van der Waals surface area (Å²) in [4.78, 5) is 22.2. The van der Waals surface area contributed by atoms with Gasteiger partial charge in [-0.2, -0.15) is 0 Å². The van der Waals surface area contributed by atoms with Crippen molar-refractivity contribution in [2.45, 2.75) is 85.0 Å². The molecule has 0 fully saturated rings. The van der Waals surface area contributed by atoms with E-state index in [1.807, 2.05) is 0 Å². The van der Waals surface area contributed by atoms with Crippen LogP contribution in [0.3, 0.4) is 0 Å². The fourth-order valence-electron chi connectivity index (χ4n) is 2.23. The van der Waals surface area contributed by atoms with Crippen LogP contribution in [0.4, 0.5) is 0 Å². The smallest absolute Gasteiger partial charge is 0.220 e. The molecule has 0 unspecified atom stereocenters. The highest BCUT2D eigenvalue weighted by Crippen LogP contribution is 2.09. The molecule has 0 saturated heterocycles. The molecule has 1 amide bonds. The minimum absolute atomic E-state index is 0.186. The molecule has 0 aromatic carbocycles. The molecule has 0 saturated carbocycles. The lowest BCUT2D eigenvalue weighted by Crippen LogP contribution is -2.25. The van der Waals surface area contributed by atoms with Crippen LogP contribution in [0.15, 0.2) is 0 Å². The van der Waals surface area contributed by atoms with Crippen LogP contribution < -0.4 is 5.32 Å². The summed E-state index contributed by atoms with van der Waals surface area (Å²) < 4.78 is 0. The second-order valence-corrected chi connectivity index (χ2v) is 6.23. The number of Topliss-reactive ketones (excluding diaryl/α,β-unsaturated/α-hetero) is 1. The molecule has 1 N–H and O–H groups in total. The highest BCUT2D eigenvalue weighted by atomic mass is 16.1. The van der Waals surface area contributed by atoms with E-state index < -0.39 is 0 Å². The number of ketones is 1. The zero-order valence-corrected chi connectivity index (χ0v) is 13.7. The Bertz CT molecular complexity index is 262. The van der Waals surface area contributed by atoms with E-state index in [1.54, 1.807) is 6.92 Å². The second-order valence-electron chi connectivity index (χ2n) is 6.23. The Morgan fingerprint density at radius 1 is 0.850 bits per heavy atom. The topological polar surface area (TPSA) is 46.2 Å². The number of carbonyl (C=O) groups excluding carboxylic acids is 2. The van der Waals surface area contributed by atoms with Gasteiger partial charge in [-0.15, -0.1) is 0 Å². The van der Waals surface area contributed by atoms with Crippen molar-refractivity contribution in [3.05, 3.63) is 0 Å². The number of hydrogen-bond donors (Lipinski definition) is 1. The van der Waals surface area contributed by atoms with Gasteiger partial charge in [-0.05, 0) is 25.7 Å². The number of nitrogens with one attached hydrogen (secondary N) is 1. The molecule has 0 aliphatic carbocycles. The first-order valence-corrected chi connectivity index (χ1v) is 8.28. The third kappa shape index (κ3) is 15.2. The minimum Gasteiger partial charge on any atom is -0.356 e. The van der Waals surface area contributed by atoms with Crippen molar-refractivity contribution in [2.75, 3.05) is 6.54 Å². The van der Waals surface area contributed by atoms with Gasteiger partial charge in [0.15, 0.2) is 0 Å². The maximum atomic E-state index is 11.4. The lowest BCUT2D eigenvalue weighted by atomic mass is 10.1. The van der Waals surface area contributed by atoms with Crippen molar-refractivity contribution in [1.82, 2.24) is 5.32 Å². The van der Waals surface area contributed by atoms with Crippen LogP contribution in [-0.4, -0.2) is 18.2 Å². The van der Waals surface area contributed by atoms with Gasteiger partial charge < -0.3 is 10.1 Å². The van der Waals surface area contributed by atoms with Crippen molar-refractivity contribution in [1.29, 1.82) is 0 Å². The monoisotopic (exact) mass is 283 g/mol. The van der Waals surface area contributed by atoms with Gasteiger partial charge in [-0.3, -0.25) is 4.79 Å². The van der Waals surface area contributed by atoms with Crippen molar-refractivity contribution in [3.63, 3.8) is 0 Å². The Hall–Kier alpha value is -0.860. The normalized spacial score (nSPS) is 10.8. The van der Waals surface area contributed by atoms with E-state index >= 15 is 0 Å². The van der Waals surface area contributed by atoms with Gasteiger partial charge in [0.05, 0.1) is 0 Å². The summed E-state index contributed by atoms with van der Waals surface area (Å²) in [5, 5.41) is 2.97. The average Bonchev–Trinajstić information content (AvgIpc) is 2.34. The van der Waals surface area contributed by atoms with Crippen LogP contribution in [0.25, 0.3) is 0 Å². The zero-order valence-electron chi connectivity index (χ0n) is 13.7. The zero-order chi connectivity index (χ0) is 15.2. The van der Waals surface area contributed by atoms with Gasteiger partial charge in [0.1, 0.15) is 5.78 Å². The van der Waals surface area contributed by atoms with E-state index in [0.29, 0.717) is 18.1 Å². The molecule has 0 aliphatic rings. The molecule has 3 heteroatoms. The lowest BCUT2D eigenvalue weighted by molar-refractivity contribution is -0.121. The third-order valence-corrected chi connectivity index (χ3v) is 3.37. The van der Waals surface area contributed by atoms with E-state index in [2.05, 4.69) is 19.2 Å². The van der Waals surface area contributed by atoms with E-state index in [4.69, 9.17) is 0 Å². The second kappa shape index (κ2) is 13.1. The van der Waals surface area contributed by atoms with E-state index in [1.165, 1.54) is 38.5 Å². The standard InChI is InChI=1S/C17H33NO2/c1-15(2)14-17(20)18-13-11-9-7-5-4-6-8-10-12-16(3)19/h15H,4-14H2,1-3H3,(H,18,20). The lowest BCUT2D eigenvalue weighted by Gasteiger charge is -2.07. The summed E-state index contributed by atoms with van der Waals surface area (Å²) in [6, 6.07) is 0. The Morgan fingerprint density at radius 3 is 1.85 bits per heavy atom. The van der Waals surface area contributed by atoms with Gasteiger partial charge in [0.2, 0.25) is 5.91 Å². The van der Waals surface area contributed by atoms with Crippen LogP contribution in [0.1, 0.15) is 85.0 Å². The molecule has 0 aromatic heterocycles. The first-order valence-electron chi connectivity index (χ1n) is 8.28. The molecule has 0 aromatic rings. The molecule has 0 spiro atoms. The first-order chi connectivity index (χ1) is 9.52. The fourth-order valence-corrected chi connectivity index (χ4v) is 2.23. The minimum atomic E-state index is 0.186. The van der Waals surface area contributed by atoms with E-state index in [9.17, 15) is 9.59 Å². The van der Waals surface area contributed by atoms with Crippen LogP contribution >= 0.6 is 0 Å². The molecule has 0 aliphatic heterocycles. The molecule has 0 radical (unpaired) electrons. The summed E-state index contributed by atoms with van der Waals surface area (Å²) >= 11 is 0. The van der Waals surface area contributed by atoms with Gasteiger partial charge >= 0.3 is 0 Å². The van der Waals surface area contributed by atoms with Crippen molar-refractivity contribution in [2.24, 2.45) is 5.92 Å². The van der Waals surface area contributed by atoms with E-state index in [-0.39, 0.29) is 5.91 Å². The predicted octanol–water partition coefficient (Wildman–Crippen LogP) is 4.25. The summed E-state index contributed by atoms with van der Waals surface area (Å²) in [5.41, 5.74) is 0. The van der Waals surface area contributed by atoms with Crippen LogP contribution in [-0.2, 0) is 9.59 Å². The first kappa shape index (κ1) is 19.1. The average molecular weight is 283 g/mol. The van der Waals surface area contributed by atoms with Gasteiger partial charge in [-0.25, -0.2) is 0 Å². The molecule has 0 atom stereocenters. The summed E-state index contributed by atoms with van der Waals surface area (Å²) in [5.74, 6) is 0.938. The maximum absolute atomic E-state index is 11.4. The molecule has 118 valence electrons. The van der Waals surface area contributed by atoms with Gasteiger partial charge in [-0.1, -0.05) is 52.4 Å². The fraction of sp³-hybridized carbons (Fsp3) is 0.882. The Labute approximate surface area is 124 Å². The van der Waals surface area contributed by atoms with Gasteiger partial charge in [0.25, 0.3) is 0 Å². The highest BCUT2D eigenvalue weighted by molar-refractivity contribution is 5.76. The summed E-state index contributed by atoms with van der Waals surface area (Å²) in [7, 11) is 0. The molecule has 3 nitrogen and oxygen atoms in total. The maximum Gasteiger partial charge on any atom is 0.220 e. The number of carbonyl (C=O) groups is 2. The van der Waals surface area contributed by atoms with Crippen LogP contribution in [0.5, 0.6) is 0 Å². The third-order valence-electron chi connectivity index (χ3n) is 3.37. The summed E-state index contributed by atoms with van der Waals surface area (Å²) in [6.45, 7) is 6.62. The Balaban J connectivity index is 3.13. The summed E-state index contributed by atoms with van der Waals surface area (Å²) in [6.07, 6.45) is 11.0. The number of hydrogen-bond acceptors (Lipinski definition) is 2. The van der Waals surface area contributed by atoms with Crippen molar-refractivity contribution >= 4 is 11.7 Å². The molecule has 0 heterocycles. The van der Waals surface area contributed by atoms with Crippen molar-refractivity contribution < 1.29 is 9.59 Å². The highest BCUT2D eigenvalue weighted by Gasteiger charge is 2.03. The Morgan fingerprint density at radius 2 is 1.35 bits per heavy atom. The number of amides is 1. The quantitative estimate of drug-likeness (QED) is 0.514. The molecule has 0 rings (SSSR count). The van der Waals surface area contributed by atoms with Crippen LogP contribution in [0.2, 0.25) is 0 Å². The number of unbranched alkanes of at least 4 members (excludes halogenated alkanes) is 7. The predicted molar refractivity (Wildman–Crippen MR) is 84.7 cm³/mol. The molecular weight excluding hydrogens is 250 g/mol. The SMILES string of the molecule is CC(=O)CCCCCCCCCCNC(=O)CC(C)C. The van der Waals surface area contributed by atoms with Crippen molar-refractivity contribution in [3.8, 4) is 0 Å². The van der Waals surface area contributed by atoms with Crippen LogP contribution in [0, 0.1) is 5.92 Å². The Kier molecular flexibility index (Phi) is 12.6. The number of rotatable bonds is 13. The molecule has 20 heavy (non-hydrogen) atoms. The largest absolute Gasteiger partial charge is 0.356 e. The molecular formula is C17H33NO2. The van der Waals surface area contributed by atoms with Gasteiger partial charge in [0, 0.05) is 19.4 Å². The molecule has 0 bridgehead atoms.